The SMILES string of the molecule is CCONC(=O)NC1[C@@H]2[C@H]3CC[C@@H](C3)[C@H]12. The van der Waals surface area contributed by atoms with Crippen molar-refractivity contribution < 1.29 is 9.63 Å². The molecule has 2 N–H and O–H groups in total. The molecule has 3 rings (SSSR count). The van der Waals surface area contributed by atoms with E-state index in [1.807, 2.05) is 6.92 Å². The summed E-state index contributed by atoms with van der Waals surface area (Å²) in [6.07, 6.45) is 4.19. The minimum Gasteiger partial charge on any atom is -0.333 e. The first kappa shape index (κ1) is 9.46. The van der Waals surface area contributed by atoms with Crippen molar-refractivity contribution in [2.24, 2.45) is 23.7 Å². The smallest absolute Gasteiger partial charge is 0.333 e. The summed E-state index contributed by atoms with van der Waals surface area (Å²) in [7, 11) is 0. The molecule has 2 bridgehead atoms. The fourth-order valence-electron chi connectivity index (χ4n) is 3.84. The molecule has 2 amide bonds. The second kappa shape index (κ2) is 3.37. The molecule has 0 aliphatic heterocycles. The summed E-state index contributed by atoms with van der Waals surface area (Å²) in [6.45, 7) is 2.36. The molecular weight excluding hydrogens is 192 g/mol. The third kappa shape index (κ3) is 1.42. The molecule has 0 heterocycles. The number of fused-ring (bicyclic) bond motifs is 5. The van der Waals surface area contributed by atoms with Crippen molar-refractivity contribution in [3.05, 3.63) is 0 Å². The number of urea groups is 1. The van der Waals surface area contributed by atoms with Gasteiger partial charge in [-0.3, -0.25) is 4.84 Å². The topological polar surface area (TPSA) is 50.4 Å². The van der Waals surface area contributed by atoms with Crippen molar-refractivity contribution in [1.29, 1.82) is 0 Å². The first-order chi connectivity index (χ1) is 7.31. The number of carbonyl (C=O) groups excluding carboxylic acids is 1. The van der Waals surface area contributed by atoms with E-state index in [9.17, 15) is 4.79 Å². The maximum atomic E-state index is 11.4. The van der Waals surface area contributed by atoms with Gasteiger partial charge in [0.15, 0.2) is 0 Å². The molecule has 0 radical (unpaired) electrons. The van der Waals surface area contributed by atoms with Crippen molar-refractivity contribution in [3.63, 3.8) is 0 Å². The summed E-state index contributed by atoms with van der Waals surface area (Å²) in [5.41, 5.74) is 2.39. The van der Waals surface area contributed by atoms with Gasteiger partial charge >= 0.3 is 6.03 Å². The average Bonchev–Trinajstić information content (AvgIpc) is 2.65. The first-order valence-electron chi connectivity index (χ1n) is 5.99. The van der Waals surface area contributed by atoms with Gasteiger partial charge in [-0.15, -0.1) is 0 Å². The highest BCUT2D eigenvalue weighted by molar-refractivity contribution is 5.73. The second-order valence-corrected chi connectivity index (χ2v) is 5.02. The van der Waals surface area contributed by atoms with Crippen LogP contribution in [-0.2, 0) is 4.84 Å². The molecule has 0 aromatic heterocycles. The van der Waals surface area contributed by atoms with E-state index in [0.29, 0.717) is 12.6 Å². The normalized spacial score (nSPS) is 45.0. The zero-order chi connectivity index (χ0) is 10.4. The lowest BCUT2D eigenvalue weighted by atomic mass is 10.0. The van der Waals surface area contributed by atoms with E-state index in [1.165, 1.54) is 19.3 Å². The zero-order valence-corrected chi connectivity index (χ0v) is 9.03. The van der Waals surface area contributed by atoms with Gasteiger partial charge in [0.1, 0.15) is 0 Å². The fourth-order valence-corrected chi connectivity index (χ4v) is 3.84. The predicted octanol–water partition coefficient (Wildman–Crippen LogP) is 1.28. The lowest BCUT2D eigenvalue weighted by molar-refractivity contribution is 0.0701. The van der Waals surface area contributed by atoms with Gasteiger partial charge in [0, 0.05) is 6.04 Å². The van der Waals surface area contributed by atoms with Gasteiger partial charge in [-0.1, -0.05) is 0 Å². The number of hydrogen-bond acceptors (Lipinski definition) is 2. The Morgan fingerprint density at radius 3 is 2.60 bits per heavy atom. The Bertz CT molecular complexity index is 266. The third-order valence-corrected chi connectivity index (χ3v) is 4.34. The monoisotopic (exact) mass is 210 g/mol. The van der Waals surface area contributed by atoms with Crippen molar-refractivity contribution in [3.8, 4) is 0 Å². The van der Waals surface area contributed by atoms with Gasteiger partial charge in [-0.25, -0.2) is 10.3 Å². The van der Waals surface area contributed by atoms with Gasteiger partial charge in [-0.05, 0) is 49.9 Å². The van der Waals surface area contributed by atoms with Crippen LogP contribution >= 0.6 is 0 Å². The molecule has 3 fully saturated rings. The minimum absolute atomic E-state index is 0.171. The highest BCUT2D eigenvalue weighted by atomic mass is 16.7. The van der Waals surface area contributed by atoms with Crippen LogP contribution in [0.5, 0.6) is 0 Å². The van der Waals surface area contributed by atoms with Crippen LogP contribution < -0.4 is 10.8 Å². The van der Waals surface area contributed by atoms with E-state index in [0.717, 1.165) is 23.7 Å². The first-order valence-corrected chi connectivity index (χ1v) is 5.99. The van der Waals surface area contributed by atoms with Gasteiger partial charge in [0.25, 0.3) is 0 Å². The summed E-state index contributed by atoms with van der Waals surface area (Å²) in [6, 6.07) is 0.271. The molecule has 1 unspecified atom stereocenters. The highest BCUT2D eigenvalue weighted by Gasteiger charge is 2.65. The Kier molecular flexibility index (Phi) is 2.12. The average molecular weight is 210 g/mol. The van der Waals surface area contributed by atoms with Crippen LogP contribution in [0.1, 0.15) is 26.2 Å². The van der Waals surface area contributed by atoms with Crippen LogP contribution in [0.15, 0.2) is 0 Å². The zero-order valence-electron chi connectivity index (χ0n) is 9.03. The van der Waals surface area contributed by atoms with Crippen molar-refractivity contribution in [2.75, 3.05) is 6.61 Å². The van der Waals surface area contributed by atoms with Gasteiger partial charge in [-0.2, -0.15) is 0 Å². The van der Waals surface area contributed by atoms with Crippen LogP contribution in [0.3, 0.4) is 0 Å². The van der Waals surface area contributed by atoms with Crippen LogP contribution in [0.4, 0.5) is 4.79 Å². The Balaban J connectivity index is 1.49. The number of rotatable bonds is 3. The van der Waals surface area contributed by atoms with Crippen LogP contribution in [0, 0.1) is 23.7 Å². The molecule has 4 heteroatoms. The number of amides is 2. The van der Waals surface area contributed by atoms with Crippen molar-refractivity contribution >= 4 is 6.03 Å². The molecule has 15 heavy (non-hydrogen) atoms. The maximum absolute atomic E-state index is 11.4. The molecule has 3 aliphatic carbocycles. The quantitative estimate of drug-likeness (QED) is 0.689. The highest BCUT2D eigenvalue weighted by Crippen LogP contribution is 2.65. The van der Waals surface area contributed by atoms with Crippen LogP contribution in [-0.4, -0.2) is 18.7 Å². The summed E-state index contributed by atoms with van der Waals surface area (Å²) >= 11 is 0. The summed E-state index contributed by atoms with van der Waals surface area (Å²) in [5, 5.41) is 3.02. The molecule has 0 saturated heterocycles. The summed E-state index contributed by atoms with van der Waals surface area (Å²) in [5.74, 6) is 3.38. The molecule has 3 aliphatic rings. The third-order valence-electron chi connectivity index (χ3n) is 4.34. The number of hydroxylamine groups is 1. The van der Waals surface area contributed by atoms with E-state index in [-0.39, 0.29) is 6.03 Å². The molecule has 0 aromatic rings. The summed E-state index contributed by atoms with van der Waals surface area (Å²) < 4.78 is 0. The van der Waals surface area contributed by atoms with Gasteiger partial charge < -0.3 is 5.32 Å². The predicted molar refractivity (Wildman–Crippen MR) is 54.9 cm³/mol. The fraction of sp³-hybridized carbons (Fsp3) is 0.909. The van der Waals surface area contributed by atoms with E-state index in [4.69, 9.17) is 4.84 Å². The molecule has 5 atom stereocenters. The molecular formula is C11H18N2O2. The lowest BCUT2D eigenvalue weighted by Crippen LogP contribution is -2.38. The number of carbonyl (C=O) groups is 1. The Labute approximate surface area is 89.7 Å². The number of hydrogen-bond donors (Lipinski definition) is 2. The largest absolute Gasteiger partial charge is 0.338 e. The van der Waals surface area contributed by atoms with Crippen molar-refractivity contribution in [1.82, 2.24) is 10.8 Å². The standard InChI is InChI=1S/C11H18N2O2/c1-2-15-13-11(14)12-10-8-6-3-4-7(5-6)9(8)10/h6-10H,2-5H2,1H3,(H2,12,13,14)/t6-,7-,8-,9+,10?/m0/s1. The maximum Gasteiger partial charge on any atom is 0.338 e. The summed E-state index contributed by atoms with van der Waals surface area (Å²) in [4.78, 5) is 16.2. The second-order valence-electron chi connectivity index (χ2n) is 5.02. The molecule has 84 valence electrons. The van der Waals surface area contributed by atoms with E-state index in [2.05, 4.69) is 10.8 Å². The Morgan fingerprint density at radius 1 is 1.33 bits per heavy atom. The van der Waals surface area contributed by atoms with Gasteiger partial charge in [0.2, 0.25) is 0 Å². The molecule has 3 saturated carbocycles. The van der Waals surface area contributed by atoms with E-state index >= 15 is 0 Å². The van der Waals surface area contributed by atoms with E-state index < -0.39 is 0 Å². The Morgan fingerprint density at radius 2 is 2.00 bits per heavy atom. The molecule has 4 nitrogen and oxygen atoms in total. The molecule has 0 aromatic carbocycles. The minimum atomic E-state index is -0.171. The van der Waals surface area contributed by atoms with Crippen LogP contribution in [0.2, 0.25) is 0 Å². The van der Waals surface area contributed by atoms with Gasteiger partial charge in [0.05, 0.1) is 6.61 Å². The van der Waals surface area contributed by atoms with E-state index in [1.54, 1.807) is 0 Å². The van der Waals surface area contributed by atoms with Crippen LogP contribution in [0.25, 0.3) is 0 Å². The number of nitrogens with one attached hydrogen (secondary N) is 2. The Hall–Kier alpha value is -0.770. The van der Waals surface area contributed by atoms with Crippen molar-refractivity contribution in [2.45, 2.75) is 32.2 Å². The molecule has 0 spiro atoms. The lowest BCUT2D eigenvalue weighted by Gasteiger charge is -2.10.